The number of halogens is 2. The van der Waals surface area contributed by atoms with Crippen molar-refractivity contribution >= 4 is 23.3 Å². The van der Waals surface area contributed by atoms with Gasteiger partial charge in [-0.3, -0.25) is 4.79 Å². The van der Waals surface area contributed by atoms with Crippen LogP contribution in [0.1, 0.15) is 23.2 Å². The van der Waals surface area contributed by atoms with Crippen molar-refractivity contribution in [3.05, 3.63) is 59.0 Å². The molecule has 24 heavy (non-hydrogen) atoms. The van der Waals surface area contributed by atoms with E-state index in [2.05, 4.69) is 15.2 Å². The maximum absolute atomic E-state index is 13.0. The summed E-state index contributed by atoms with van der Waals surface area (Å²) in [5.74, 6) is 0.719. The van der Waals surface area contributed by atoms with Crippen LogP contribution in [0.25, 0.3) is 0 Å². The molecule has 126 valence electrons. The minimum absolute atomic E-state index is 0.137. The Morgan fingerprint density at radius 3 is 2.75 bits per heavy atom. The molecule has 2 heterocycles. The average molecular weight is 348 g/mol. The van der Waals surface area contributed by atoms with Crippen molar-refractivity contribution in [3.8, 4) is 0 Å². The van der Waals surface area contributed by atoms with Crippen LogP contribution in [0.3, 0.4) is 0 Å². The Balaban J connectivity index is 1.49. The van der Waals surface area contributed by atoms with Crippen molar-refractivity contribution in [1.82, 2.24) is 10.3 Å². The normalized spacial score (nSPS) is 15.3. The van der Waals surface area contributed by atoms with Crippen molar-refractivity contribution in [2.75, 3.05) is 24.5 Å². The number of rotatable bonds is 4. The first-order valence-corrected chi connectivity index (χ1v) is 8.40. The number of anilines is 1. The van der Waals surface area contributed by atoms with Crippen LogP contribution >= 0.6 is 11.6 Å². The first-order chi connectivity index (χ1) is 11.6. The molecule has 4 nitrogen and oxygen atoms in total. The lowest BCUT2D eigenvalue weighted by atomic mass is 9.96. The van der Waals surface area contributed by atoms with E-state index in [0.717, 1.165) is 37.8 Å². The number of pyridine rings is 1. The van der Waals surface area contributed by atoms with Gasteiger partial charge in [-0.2, -0.15) is 0 Å². The minimum atomic E-state index is -0.446. The number of hydrogen-bond acceptors (Lipinski definition) is 3. The highest BCUT2D eigenvalue weighted by Crippen LogP contribution is 2.21. The molecule has 0 spiro atoms. The Morgan fingerprint density at radius 2 is 2.08 bits per heavy atom. The van der Waals surface area contributed by atoms with Gasteiger partial charge in [0.2, 0.25) is 0 Å². The fraction of sp³-hybridized carbons (Fsp3) is 0.333. The molecule has 3 rings (SSSR count). The molecule has 1 aliphatic rings. The summed E-state index contributed by atoms with van der Waals surface area (Å²) in [5.41, 5.74) is 0.309. The van der Waals surface area contributed by atoms with Gasteiger partial charge in [-0.05, 0) is 49.1 Å². The third-order valence-electron chi connectivity index (χ3n) is 4.31. The van der Waals surface area contributed by atoms with E-state index in [1.165, 1.54) is 12.1 Å². The molecular weight excluding hydrogens is 329 g/mol. The van der Waals surface area contributed by atoms with Crippen molar-refractivity contribution in [2.24, 2.45) is 5.92 Å². The molecule has 2 aromatic rings. The highest BCUT2D eigenvalue weighted by atomic mass is 35.5. The Hall–Kier alpha value is -2.14. The van der Waals surface area contributed by atoms with Crippen LogP contribution in [0.5, 0.6) is 0 Å². The van der Waals surface area contributed by atoms with Crippen LogP contribution in [0.15, 0.2) is 42.6 Å². The van der Waals surface area contributed by atoms with Gasteiger partial charge >= 0.3 is 0 Å². The lowest BCUT2D eigenvalue weighted by Crippen LogP contribution is -2.39. The lowest BCUT2D eigenvalue weighted by molar-refractivity contribution is 0.0945. The zero-order valence-electron chi connectivity index (χ0n) is 13.2. The predicted molar refractivity (Wildman–Crippen MR) is 92.9 cm³/mol. The van der Waals surface area contributed by atoms with Crippen molar-refractivity contribution in [1.29, 1.82) is 0 Å². The van der Waals surface area contributed by atoms with Crippen LogP contribution in [-0.2, 0) is 0 Å². The molecule has 1 fully saturated rings. The van der Waals surface area contributed by atoms with E-state index in [-0.39, 0.29) is 10.9 Å². The molecule has 0 aliphatic carbocycles. The maximum Gasteiger partial charge on any atom is 0.252 e. The second-order valence-electron chi connectivity index (χ2n) is 5.95. The second-order valence-corrected chi connectivity index (χ2v) is 6.36. The van der Waals surface area contributed by atoms with Crippen LogP contribution in [0.4, 0.5) is 10.2 Å². The molecule has 6 heteroatoms. The van der Waals surface area contributed by atoms with Gasteiger partial charge in [0.1, 0.15) is 11.6 Å². The number of aromatic nitrogens is 1. The highest BCUT2D eigenvalue weighted by Gasteiger charge is 2.21. The van der Waals surface area contributed by atoms with E-state index in [1.807, 2.05) is 18.2 Å². The van der Waals surface area contributed by atoms with Gasteiger partial charge in [-0.15, -0.1) is 0 Å². The van der Waals surface area contributed by atoms with E-state index in [1.54, 1.807) is 6.20 Å². The highest BCUT2D eigenvalue weighted by molar-refractivity contribution is 6.33. The number of piperidine rings is 1. The van der Waals surface area contributed by atoms with Crippen LogP contribution in [-0.4, -0.2) is 30.5 Å². The van der Waals surface area contributed by atoms with Crippen molar-refractivity contribution in [3.63, 3.8) is 0 Å². The van der Waals surface area contributed by atoms with Gasteiger partial charge in [0, 0.05) is 25.8 Å². The third kappa shape index (κ3) is 4.03. The van der Waals surface area contributed by atoms with Gasteiger partial charge in [0.25, 0.3) is 5.91 Å². The fourth-order valence-electron chi connectivity index (χ4n) is 2.91. The van der Waals surface area contributed by atoms with Gasteiger partial charge in [0.05, 0.1) is 10.6 Å². The first-order valence-electron chi connectivity index (χ1n) is 8.02. The first kappa shape index (κ1) is 16.7. The summed E-state index contributed by atoms with van der Waals surface area (Å²) >= 11 is 5.92. The molecule has 1 N–H and O–H groups in total. The third-order valence-corrected chi connectivity index (χ3v) is 4.63. The summed E-state index contributed by atoms with van der Waals surface area (Å²) in [4.78, 5) is 18.8. The minimum Gasteiger partial charge on any atom is -0.357 e. The van der Waals surface area contributed by atoms with Gasteiger partial charge in [0.15, 0.2) is 0 Å². The summed E-state index contributed by atoms with van der Waals surface area (Å²) in [7, 11) is 0. The van der Waals surface area contributed by atoms with Crippen LogP contribution < -0.4 is 10.2 Å². The molecule has 1 amide bonds. The SMILES string of the molecule is O=C(NCC1CCN(c2ccccn2)CC1)c1ccc(F)cc1Cl. The van der Waals surface area contributed by atoms with Gasteiger partial charge < -0.3 is 10.2 Å². The molecule has 0 saturated carbocycles. The number of nitrogens with zero attached hydrogens (tertiary/aromatic N) is 2. The summed E-state index contributed by atoms with van der Waals surface area (Å²) in [6, 6.07) is 9.72. The number of nitrogens with one attached hydrogen (secondary N) is 1. The summed E-state index contributed by atoms with van der Waals surface area (Å²) in [5, 5.41) is 3.04. The van der Waals surface area contributed by atoms with Crippen molar-refractivity contribution < 1.29 is 9.18 Å². The Bertz CT molecular complexity index is 703. The van der Waals surface area contributed by atoms with E-state index in [9.17, 15) is 9.18 Å². The number of carbonyl (C=O) groups is 1. The zero-order valence-corrected chi connectivity index (χ0v) is 14.0. The van der Waals surface area contributed by atoms with E-state index < -0.39 is 5.82 Å². The fourth-order valence-corrected chi connectivity index (χ4v) is 3.17. The Labute approximate surface area is 145 Å². The maximum atomic E-state index is 13.0. The molecule has 1 aliphatic heterocycles. The summed E-state index contributed by atoms with van der Waals surface area (Å²) < 4.78 is 13.0. The zero-order chi connectivity index (χ0) is 16.9. The Kier molecular flexibility index (Phi) is 5.30. The molecule has 1 saturated heterocycles. The van der Waals surface area contributed by atoms with Gasteiger partial charge in [-0.25, -0.2) is 9.37 Å². The van der Waals surface area contributed by atoms with E-state index in [0.29, 0.717) is 18.0 Å². The standard InChI is InChI=1S/C18H19ClFN3O/c19-16-11-14(20)4-5-15(16)18(24)22-12-13-6-9-23(10-7-13)17-3-1-2-8-21-17/h1-5,8,11,13H,6-7,9-10,12H2,(H,22,24). The average Bonchev–Trinajstić information content (AvgIpc) is 2.61. The summed E-state index contributed by atoms with van der Waals surface area (Å²) in [6.45, 7) is 2.45. The number of hydrogen-bond donors (Lipinski definition) is 1. The van der Waals surface area contributed by atoms with Crippen LogP contribution in [0.2, 0.25) is 5.02 Å². The lowest BCUT2D eigenvalue weighted by Gasteiger charge is -2.32. The van der Waals surface area contributed by atoms with E-state index in [4.69, 9.17) is 11.6 Å². The monoisotopic (exact) mass is 347 g/mol. The topological polar surface area (TPSA) is 45.2 Å². The second kappa shape index (κ2) is 7.62. The quantitative estimate of drug-likeness (QED) is 0.920. The van der Waals surface area contributed by atoms with Crippen molar-refractivity contribution in [2.45, 2.75) is 12.8 Å². The molecular formula is C18H19ClFN3O. The molecule has 0 radical (unpaired) electrons. The molecule has 1 aromatic heterocycles. The Morgan fingerprint density at radius 1 is 1.29 bits per heavy atom. The number of amides is 1. The molecule has 0 unspecified atom stereocenters. The molecule has 0 bridgehead atoms. The smallest absolute Gasteiger partial charge is 0.252 e. The number of benzene rings is 1. The molecule has 1 aromatic carbocycles. The molecule has 0 atom stereocenters. The van der Waals surface area contributed by atoms with E-state index >= 15 is 0 Å². The largest absolute Gasteiger partial charge is 0.357 e. The predicted octanol–water partition coefficient (Wildman–Crippen LogP) is 3.52. The number of carbonyl (C=O) groups excluding carboxylic acids is 1. The van der Waals surface area contributed by atoms with Crippen LogP contribution in [0, 0.1) is 11.7 Å². The van der Waals surface area contributed by atoms with Gasteiger partial charge in [-0.1, -0.05) is 17.7 Å². The summed E-state index contributed by atoms with van der Waals surface area (Å²) in [6.07, 6.45) is 3.79.